The van der Waals surface area contributed by atoms with Crippen LogP contribution in [0.2, 0.25) is 0 Å². The lowest BCUT2D eigenvalue weighted by Gasteiger charge is -2.26. The summed E-state index contributed by atoms with van der Waals surface area (Å²) in [5, 5.41) is 0. The second-order valence-corrected chi connectivity index (χ2v) is 5.59. The molecule has 1 aliphatic heterocycles. The Bertz CT molecular complexity index is 454. The van der Waals surface area contributed by atoms with Gasteiger partial charge in [0.1, 0.15) is 0 Å². The van der Waals surface area contributed by atoms with Crippen molar-refractivity contribution < 1.29 is 9.53 Å². The van der Waals surface area contributed by atoms with E-state index in [0.29, 0.717) is 11.6 Å². The quantitative estimate of drug-likeness (QED) is 0.753. The molecule has 21 heavy (non-hydrogen) atoms. The summed E-state index contributed by atoms with van der Waals surface area (Å²) in [6, 6.07) is 8.43. The van der Waals surface area contributed by atoms with Gasteiger partial charge in [-0.3, -0.25) is 9.80 Å². The zero-order chi connectivity index (χ0) is 15.2. The molecule has 2 rings (SSSR count). The first-order valence-electron chi connectivity index (χ1n) is 7.81. The monoisotopic (exact) mass is 290 g/mol. The summed E-state index contributed by atoms with van der Waals surface area (Å²) in [6.07, 6.45) is 1.25. The Balaban J connectivity index is 1.90. The van der Waals surface area contributed by atoms with Gasteiger partial charge >= 0.3 is 5.97 Å². The molecule has 0 aliphatic carbocycles. The standard InChI is InChI=1S/C17H26N2O2/c1-4-19(5-2)16-10-11-18(13-16)12-14-6-8-15(9-7-14)17(20)21-3/h6-9,16H,4-5,10-13H2,1-3H3. The van der Waals surface area contributed by atoms with Gasteiger partial charge in [0, 0.05) is 25.7 Å². The van der Waals surface area contributed by atoms with E-state index < -0.39 is 0 Å². The lowest BCUT2D eigenvalue weighted by Crippen LogP contribution is -2.37. The van der Waals surface area contributed by atoms with Gasteiger partial charge in [-0.2, -0.15) is 0 Å². The number of hydrogen-bond donors (Lipinski definition) is 0. The van der Waals surface area contributed by atoms with Crippen LogP contribution in [0.3, 0.4) is 0 Å². The number of esters is 1. The van der Waals surface area contributed by atoms with E-state index in [4.69, 9.17) is 4.74 Å². The van der Waals surface area contributed by atoms with E-state index in [1.54, 1.807) is 0 Å². The minimum Gasteiger partial charge on any atom is -0.465 e. The molecule has 1 saturated heterocycles. The number of ether oxygens (including phenoxy) is 1. The number of carbonyl (C=O) groups is 1. The van der Waals surface area contributed by atoms with Crippen molar-refractivity contribution in [3.05, 3.63) is 35.4 Å². The van der Waals surface area contributed by atoms with Crippen molar-refractivity contribution in [2.45, 2.75) is 32.9 Å². The van der Waals surface area contributed by atoms with E-state index in [-0.39, 0.29) is 5.97 Å². The summed E-state index contributed by atoms with van der Waals surface area (Å²) >= 11 is 0. The van der Waals surface area contributed by atoms with Crippen molar-refractivity contribution in [2.75, 3.05) is 33.3 Å². The van der Waals surface area contributed by atoms with Crippen molar-refractivity contribution >= 4 is 5.97 Å². The molecular formula is C17H26N2O2. The molecule has 1 aliphatic rings. The summed E-state index contributed by atoms with van der Waals surface area (Å²) in [7, 11) is 1.41. The topological polar surface area (TPSA) is 32.8 Å². The molecule has 1 unspecified atom stereocenters. The van der Waals surface area contributed by atoms with Crippen LogP contribution in [0.1, 0.15) is 36.2 Å². The molecule has 0 saturated carbocycles. The molecule has 0 radical (unpaired) electrons. The first-order valence-corrected chi connectivity index (χ1v) is 7.81. The maximum atomic E-state index is 11.4. The summed E-state index contributed by atoms with van der Waals surface area (Å²) in [6.45, 7) is 9.97. The fourth-order valence-corrected chi connectivity index (χ4v) is 3.12. The van der Waals surface area contributed by atoms with Crippen LogP contribution in [-0.4, -0.2) is 55.1 Å². The molecule has 1 heterocycles. The number of likely N-dealkylation sites (N-methyl/N-ethyl adjacent to an activating group) is 1. The molecule has 1 fully saturated rings. The molecule has 0 N–H and O–H groups in total. The van der Waals surface area contributed by atoms with Gasteiger partial charge in [0.2, 0.25) is 0 Å². The van der Waals surface area contributed by atoms with Crippen LogP contribution in [0.5, 0.6) is 0 Å². The Labute approximate surface area is 127 Å². The Kier molecular flexibility index (Phi) is 5.76. The van der Waals surface area contributed by atoms with Crippen molar-refractivity contribution in [1.82, 2.24) is 9.80 Å². The van der Waals surface area contributed by atoms with E-state index in [1.807, 2.05) is 24.3 Å². The molecule has 0 aromatic heterocycles. The predicted molar refractivity (Wildman–Crippen MR) is 84.4 cm³/mol. The van der Waals surface area contributed by atoms with Gasteiger partial charge in [-0.1, -0.05) is 26.0 Å². The lowest BCUT2D eigenvalue weighted by atomic mass is 10.1. The first-order chi connectivity index (χ1) is 10.2. The molecule has 0 spiro atoms. The first kappa shape index (κ1) is 16.0. The van der Waals surface area contributed by atoms with Crippen molar-refractivity contribution in [2.24, 2.45) is 0 Å². The van der Waals surface area contributed by atoms with Gasteiger partial charge in [0.15, 0.2) is 0 Å². The van der Waals surface area contributed by atoms with E-state index in [9.17, 15) is 4.79 Å². The average molecular weight is 290 g/mol. The van der Waals surface area contributed by atoms with Gasteiger partial charge in [-0.25, -0.2) is 4.79 Å². The van der Waals surface area contributed by atoms with Crippen molar-refractivity contribution in [1.29, 1.82) is 0 Å². The zero-order valence-electron chi connectivity index (χ0n) is 13.3. The molecule has 0 bridgehead atoms. The molecule has 4 nitrogen and oxygen atoms in total. The highest BCUT2D eigenvalue weighted by molar-refractivity contribution is 5.89. The third-order valence-electron chi connectivity index (χ3n) is 4.36. The van der Waals surface area contributed by atoms with Crippen LogP contribution < -0.4 is 0 Å². The number of rotatable bonds is 6. The van der Waals surface area contributed by atoms with Gasteiger partial charge in [-0.05, 0) is 37.2 Å². The average Bonchev–Trinajstić information content (AvgIpc) is 2.97. The van der Waals surface area contributed by atoms with Crippen LogP contribution >= 0.6 is 0 Å². The van der Waals surface area contributed by atoms with E-state index in [2.05, 4.69) is 23.6 Å². The fraction of sp³-hybridized carbons (Fsp3) is 0.588. The van der Waals surface area contributed by atoms with Crippen molar-refractivity contribution in [3.8, 4) is 0 Å². The van der Waals surface area contributed by atoms with Crippen LogP contribution in [0.25, 0.3) is 0 Å². The highest BCUT2D eigenvalue weighted by Gasteiger charge is 2.25. The molecule has 1 aromatic rings. The minimum absolute atomic E-state index is 0.274. The molecule has 1 aromatic carbocycles. The van der Waals surface area contributed by atoms with Gasteiger partial charge in [0.05, 0.1) is 12.7 Å². The van der Waals surface area contributed by atoms with Gasteiger partial charge < -0.3 is 4.74 Å². The van der Waals surface area contributed by atoms with Gasteiger partial charge in [-0.15, -0.1) is 0 Å². The number of carbonyl (C=O) groups excluding carboxylic acids is 1. The number of nitrogens with zero attached hydrogens (tertiary/aromatic N) is 2. The number of methoxy groups -OCH3 is 1. The highest BCUT2D eigenvalue weighted by Crippen LogP contribution is 2.18. The number of likely N-dealkylation sites (tertiary alicyclic amines) is 1. The van der Waals surface area contributed by atoms with E-state index in [1.165, 1.54) is 19.1 Å². The van der Waals surface area contributed by atoms with E-state index >= 15 is 0 Å². The third-order valence-corrected chi connectivity index (χ3v) is 4.36. The summed E-state index contributed by atoms with van der Waals surface area (Å²) < 4.78 is 4.72. The molecule has 116 valence electrons. The lowest BCUT2D eigenvalue weighted by molar-refractivity contribution is 0.0600. The fourth-order valence-electron chi connectivity index (χ4n) is 3.12. The normalized spacial score (nSPS) is 19.1. The number of benzene rings is 1. The number of hydrogen-bond acceptors (Lipinski definition) is 4. The molecule has 1 atom stereocenters. The maximum Gasteiger partial charge on any atom is 0.337 e. The third kappa shape index (κ3) is 4.05. The SMILES string of the molecule is CCN(CC)C1CCN(Cc2ccc(C(=O)OC)cc2)C1. The molecular weight excluding hydrogens is 264 g/mol. The highest BCUT2D eigenvalue weighted by atomic mass is 16.5. The Morgan fingerprint density at radius 3 is 2.52 bits per heavy atom. The predicted octanol–water partition coefficient (Wildman–Crippen LogP) is 2.39. The van der Waals surface area contributed by atoms with Crippen LogP contribution in [0.15, 0.2) is 24.3 Å². The maximum absolute atomic E-state index is 11.4. The smallest absolute Gasteiger partial charge is 0.337 e. The van der Waals surface area contributed by atoms with Crippen LogP contribution in [-0.2, 0) is 11.3 Å². The minimum atomic E-state index is -0.274. The van der Waals surface area contributed by atoms with Crippen LogP contribution in [0, 0.1) is 0 Å². The van der Waals surface area contributed by atoms with Crippen molar-refractivity contribution in [3.63, 3.8) is 0 Å². The summed E-state index contributed by atoms with van der Waals surface area (Å²) in [4.78, 5) is 16.5. The Morgan fingerprint density at radius 1 is 1.29 bits per heavy atom. The second kappa shape index (κ2) is 7.57. The second-order valence-electron chi connectivity index (χ2n) is 5.59. The Hall–Kier alpha value is -1.39. The van der Waals surface area contributed by atoms with Crippen LogP contribution in [0.4, 0.5) is 0 Å². The Morgan fingerprint density at radius 2 is 1.95 bits per heavy atom. The summed E-state index contributed by atoms with van der Waals surface area (Å²) in [5.41, 5.74) is 1.87. The summed E-state index contributed by atoms with van der Waals surface area (Å²) in [5.74, 6) is -0.274. The van der Waals surface area contributed by atoms with E-state index in [0.717, 1.165) is 32.7 Å². The molecule has 4 heteroatoms. The largest absolute Gasteiger partial charge is 0.465 e. The zero-order valence-corrected chi connectivity index (χ0v) is 13.3. The van der Waals surface area contributed by atoms with Gasteiger partial charge in [0.25, 0.3) is 0 Å². The molecule has 0 amide bonds.